The fourth-order valence-corrected chi connectivity index (χ4v) is 4.21. The number of hydrogen-bond donors (Lipinski definition) is 0. The van der Waals surface area contributed by atoms with E-state index in [1.807, 2.05) is 5.38 Å². The lowest BCUT2D eigenvalue weighted by molar-refractivity contribution is -0.380. The van der Waals surface area contributed by atoms with Gasteiger partial charge in [0.2, 0.25) is 0 Å². The molecule has 116 valence electrons. The third kappa shape index (κ3) is 3.02. The maximum absolute atomic E-state index is 12.9. The Labute approximate surface area is 135 Å². The lowest BCUT2D eigenvalue weighted by Gasteiger charge is -2.32. The Morgan fingerprint density at radius 3 is 2.68 bits per heavy atom. The molecule has 2 aromatic heterocycles. The number of anilines is 1. The van der Waals surface area contributed by atoms with Crippen LogP contribution in [0.2, 0.25) is 0 Å². The minimum atomic E-state index is -0.463. The zero-order valence-electron chi connectivity index (χ0n) is 11.8. The van der Waals surface area contributed by atoms with Crippen LogP contribution in [0.25, 0.3) is 0 Å². The van der Waals surface area contributed by atoms with Crippen LogP contribution in [0.3, 0.4) is 0 Å². The van der Waals surface area contributed by atoms with E-state index >= 15 is 0 Å². The first-order valence-electron chi connectivity index (χ1n) is 7.14. The third-order valence-corrected chi connectivity index (χ3v) is 5.56. The second-order valence-corrected chi connectivity index (χ2v) is 7.11. The van der Waals surface area contributed by atoms with Crippen molar-refractivity contribution >= 4 is 38.7 Å². The van der Waals surface area contributed by atoms with E-state index in [-0.39, 0.29) is 17.0 Å². The highest BCUT2D eigenvalue weighted by molar-refractivity contribution is 7.17. The molecule has 8 heteroatoms. The molecule has 0 aromatic carbocycles. The molecule has 2 aromatic rings. The van der Waals surface area contributed by atoms with E-state index in [2.05, 4.69) is 4.98 Å². The average molecular weight is 337 g/mol. The van der Waals surface area contributed by atoms with Crippen LogP contribution in [-0.4, -0.2) is 21.9 Å². The van der Waals surface area contributed by atoms with E-state index in [4.69, 9.17) is 0 Å². The molecular formula is C14H15N3O3S2. The van der Waals surface area contributed by atoms with E-state index in [9.17, 15) is 14.9 Å². The topological polar surface area (TPSA) is 76.3 Å². The molecule has 1 amide bonds. The lowest BCUT2D eigenvalue weighted by atomic mass is 9.94. The highest BCUT2D eigenvalue weighted by Crippen LogP contribution is 2.32. The van der Waals surface area contributed by atoms with Crippen molar-refractivity contribution < 1.29 is 9.72 Å². The van der Waals surface area contributed by atoms with Gasteiger partial charge in [0, 0.05) is 23.7 Å². The molecule has 0 unspecified atom stereocenters. The number of rotatable bonds is 4. The maximum atomic E-state index is 12.9. The van der Waals surface area contributed by atoms with Gasteiger partial charge in [-0.3, -0.25) is 19.8 Å². The summed E-state index contributed by atoms with van der Waals surface area (Å²) in [5.41, 5.74) is 0. The molecule has 1 aliphatic rings. The number of nitro groups is 1. The summed E-state index contributed by atoms with van der Waals surface area (Å²) in [5, 5.41) is 13.3. The quantitative estimate of drug-likeness (QED) is 0.622. The second-order valence-electron chi connectivity index (χ2n) is 5.18. The molecule has 6 nitrogen and oxygen atoms in total. The number of aromatic nitrogens is 1. The Morgan fingerprint density at radius 1 is 1.32 bits per heavy atom. The fraction of sp³-hybridized carbons (Fsp3) is 0.429. The van der Waals surface area contributed by atoms with Crippen LogP contribution < -0.4 is 4.90 Å². The highest BCUT2D eigenvalue weighted by atomic mass is 32.1. The minimum Gasteiger partial charge on any atom is -0.280 e. The third-order valence-electron chi connectivity index (χ3n) is 3.77. The van der Waals surface area contributed by atoms with E-state index in [1.165, 1.54) is 29.9 Å². The molecule has 0 aliphatic heterocycles. The SMILES string of the molecule is O=C(c1ccc([N+](=O)[O-])s1)N(c1nccs1)C1CCCCC1. The molecule has 0 radical (unpaired) electrons. The first-order chi connectivity index (χ1) is 10.7. The summed E-state index contributed by atoms with van der Waals surface area (Å²) in [7, 11) is 0. The van der Waals surface area contributed by atoms with Gasteiger partial charge in [0.05, 0.1) is 9.80 Å². The van der Waals surface area contributed by atoms with Crippen LogP contribution in [0.1, 0.15) is 41.8 Å². The lowest BCUT2D eigenvalue weighted by Crippen LogP contribution is -2.41. The number of amides is 1. The van der Waals surface area contributed by atoms with Crippen molar-refractivity contribution in [2.45, 2.75) is 38.1 Å². The van der Waals surface area contributed by atoms with Crippen LogP contribution in [-0.2, 0) is 0 Å². The Morgan fingerprint density at radius 2 is 2.09 bits per heavy atom. The predicted molar refractivity (Wildman–Crippen MR) is 86.8 cm³/mol. The number of carbonyl (C=O) groups is 1. The van der Waals surface area contributed by atoms with Crippen LogP contribution >= 0.6 is 22.7 Å². The van der Waals surface area contributed by atoms with Crippen molar-refractivity contribution in [2.24, 2.45) is 0 Å². The van der Waals surface area contributed by atoms with E-state index < -0.39 is 4.92 Å². The number of nitrogens with zero attached hydrogens (tertiary/aromatic N) is 3. The summed E-state index contributed by atoms with van der Waals surface area (Å²) in [6.45, 7) is 0. The van der Waals surface area contributed by atoms with Gasteiger partial charge in [-0.15, -0.1) is 11.3 Å². The van der Waals surface area contributed by atoms with Gasteiger partial charge in [0.15, 0.2) is 5.13 Å². The Balaban J connectivity index is 1.90. The van der Waals surface area contributed by atoms with Gasteiger partial charge < -0.3 is 0 Å². The Bertz CT molecular complexity index is 663. The molecule has 0 atom stereocenters. The standard InChI is InChI=1S/C14H15N3O3S2/c18-13(11-6-7-12(22-11)17(19)20)16(14-15-8-9-21-14)10-4-2-1-3-5-10/h6-10H,1-5H2. The van der Waals surface area contributed by atoms with Crippen molar-refractivity contribution in [1.29, 1.82) is 0 Å². The molecule has 0 spiro atoms. The predicted octanol–water partition coefficient (Wildman–Crippen LogP) is 4.09. The molecule has 0 saturated heterocycles. The molecule has 1 aliphatic carbocycles. The number of hydrogen-bond acceptors (Lipinski definition) is 6. The summed E-state index contributed by atoms with van der Waals surface area (Å²) in [6.07, 6.45) is 6.99. The van der Waals surface area contributed by atoms with Crippen molar-refractivity contribution in [3.05, 3.63) is 38.7 Å². The number of carbonyl (C=O) groups excluding carboxylic acids is 1. The summed E-state index contributed by atoms with van der Waals surface area (Å²) < 4.78 is 0. The van der Waals surface area contributed by atoms with Gasteiger partial charge in [-0.25, -0.2) is 4.98 Å². The molecule has 1 saturated carbocycles. The monoisotopic (exact) mass is 337 g/mol. The maximum Gasteiger partial charge on any atom is 0.324 e. The van der Waals surface area contributed by atoms with Gasteiger partial charge in [0.1, 0.15) is 0 Å². The Kier molecular flexibility index (Phi) is 4.49. The van der Waals surface area contributed by atoms with Crippen LogP contribution in [0.15, 0.2) is 23.7 Å². The van der Waals surface area contributed by atoms with E-state index in [0.717, 1.165) is 37.0 Å². The average Bonchev–Trinajstić information content (AvgIpc) is 3.20. The first kappa shape index (κ1) is 15.1. The van der Waals surface area contributed by atoms with Crippen LogP contribution in [0.5, 0.6) is 0 Å². The molecular weight excluding hydrogens is 322 g/mol. The Hall–Kier alpha value is -1.80. The van der Waals surface area contributed by atoms with Crippen molar-refractivity contribution in [3.8, 4) is 0 Å². The molecule has 0 bridgehead atoms. The molecule has 3 rings (SSSR count). The fourth-order valence-electron chi connectivity index (χ4n) is 2.74. The van der Waals surface area contributed by atoms with Gasteiger partial charge >= 0.3 is 5.00 Å². The van der Waals surface area contributed by atoms with E-state index in [0.29, 0.717) is 10.0 Å². The van der Waals surface area contributed by atoms with Gasteiger partial charge in [-0.05, 0) is 18.9 Å². The zero-order valence-corrected chi connectivity index (χ0v) is 13.4. The van der Waals surface area contributed by atoms with Crippen LogP contribution in [0, 0.1) is 10.1 Å². The first-order valence-corrected chi connectivity index (χ1v) is 8.83. The van der Waals surface area contributed by atoms with Crippen LogP contribution in [0.4, 0.5) is 10.1 Å². The summed E-state index contributed by atoms with van der Waals surface area (Å²) in [6, 6.07) is 3.06. The molecule has 2 heterocycles. The summed E-state index contributed by atoms with van der Waals surface area (Å²) in [5.74, 6) is -0.181. The van der Waals surface area contributed by atoms with E-state index in [1.54, 1.807) is 11.1 Å². The van der Waals surface area contributed by atoms with Crippen molar-refractivity contribution in [2.75, 3.05) is 4.90 Å². The molecule has 1 fully saturated rings. The van der Waals surface area contributed by atoms with Crippen molar-refractivity contribution in [1.82, 2.24) is 4.98 Å². The minimum absolute atomic E-state index is 0.00826. The van der Waals surface area contributed by atoms with Gasteiger partial charge in [-0.2, -0.15) is 0 Å². The largest absolute Gasteiger partial charge is 0.324 e. The second kappa shape index (κ2) is 6.53. The molecule has 22 heavy (non-hydrogen) atoms. The van der Waals surface area contributed by atoms with Gasteiger partial charge in [-0.1, -0.05) is 30.6 Å². The molecule has 0 N–H and O–H groups in total. The normalized spacial score (nSPS) is 15.6. The zero-order chi connectivity index (χ0) is 15.5. The number of thiazole rings is 1. The summed E-state index contributed by atoms with van der Waals surface area (Å²) in [4.78, 5) is 29.6. The highest BCUT2D eigenvalue weighted by Gasteiger charge is 2.30. The summed E-state index contributed by atoms with van der Waals surface area (Å²) >= 11 is 2.35. The van der Waals surface area contributed by atoms with Crippen molar-refractivity contribution in [3.63, 3.8) is 0 Å². The smallest absolute Gasteiger partial charge is 0.280 e. The number of thiophene rings is 1. The van der Waals surface area contributed by atoms with Gasteiger partial charge in [0.25, 0.3) is 5.91 Å².